The molecule has 1 aliphatic heterocycles. The third kappa shape index (κ3) is 5.41. The number of fused-ring (bicyclic) bond motifs is 1. The Labute approximate surface area is 214 Å². The van der Waals surface area contributed by atoms with E-state index in [2.05, 4.69) is 35.2 Å². The Morgan fingerprint density at radius 3 is 2.44 bits per heavy atom. The van der Waals surface area contributed by atoms with Gasteiger partial charge >= 0.3 is 0 Å². The lowest BCUT2D eigenvalue weighted by molar-refractivity contribution is -0.137. The molecule has 2 heterocycles. The number of aryl methyl sites for hydroxylation is 1. The zero-order chi connectivity index (χ0) is 24.9. The van der Waals surface area contributed by atoms with E-state index in [1.54, 1.807) is 4.57 Å². The quantitative estimate of drug-likeness (QED) is 0.433. The Kier molecular flexibility index (Phi) is 7.86. The van der Waals surface area contributed by atoms with Crippen LogP contribution in [0.25, 0.3) is 10.9 Å². The zero-order valence-electron chi connectivity index (χ0n) is 21.6. The summed E-state index contributed by atoms with van der Waals surface area (Å²) in [4.78, 5) is 31.6. The molecule has 1 amide bonds. The molecule has 0 bridgehead atoms. The number of likely N-dealkylation sites (tertiary alicyclic amines) is 1. The maximum absolute atomic E-state index is 13.8. The van der Waals surface area contributed by atoms with E-state index >= 15 is 0 Å². The standard InChI is InChI=1S/C31H39N3O2/c1-32-28-17-9-8-16-26(28)22-27(30(32)35)23-34(31(36)25-14-6-3-7-15-25)21-20-33-19-11-10-18-29(33)24-12-4-2-5-13-24/h2,4-5,8-9,12-13,16-17,22,25,29H,3,6-7,10-11,14-15,18-21,23H2,1H3. The van der Waals surface area contributed by atoms with Gasteiger partial charge < -0.3 is 9.47 Å². The van der Waals surface area contributed by atoms with Gasteiger partial charge in [0.25, 0.3) is 5.56 Å². The van der Waals surface area contributed by atoms with Crippen LogP contribution in [0.3, 0.4) is 0 Å². The average Bonchev–Trinajstić information content (AvgIpc) is 2.94. The van der Waals surface area contributed by atoms with E-state index < -0.39 is 0 Å². The number of piperidine rings is 1. The predicted octanol–water partition coefficient (Wildman–Crippen LogP) is 5.67. The smallest absolute Gasteiger partial charge is 0.255 e. The van der Waals surface area contributed by atoms with E-state index in [4.69, 9.17) is 0 Å². The summed E-state index contributed by atoms with van der Waals surface area (Å²) in [6.45, 7) is 2.94. The second-order valence-electron chi connectivity index (χ2n) is 10.6. The van der Waals surface area contributed by atoms with Crippen molar-refractivity contribution in [3.05, 3.63) is 82.1 Å². The number of hydrogen-bond acceptors (Lipinski definition) is 3. The first-order chi connectivity index (χ1) is 17.6. The molecule has 1 atom stereocenters. The highest BCUT2D eigenvalue weighted by Gasteiger charge is 2.29. The first-order valence-corrected chi connectivity index (χ1v) is 13.8. The number of amides is 1. The number of hydrogen-bond donors (Lipinski definition) is 0. The zero-order valence-corrected chi connectivity index (χ0v) is 21.6. The van der Waals surface area contributed by atoms with Crippen molar-refractivity contribution in [2.75, 3.05) is 19.6 Å². The molecule has 5 rings (SSSR count). The van der Waals surface area contributed by atoms with Gasteiger partial charge in [0.2, 0.25) is 5.91 Å². The summed E-state index contributed by atoms with van der Waals surface area (Å²) in [5.74, 6) is 0.326. The van der Waals surface area contributed by atoms with E-state index in [0.29, 0.717) is 24.7 Å². The Hall–Kier alpha value is -2.92. The molecule has 0 radical (unpaired) electrons. The highest BCUT2D eigenvalue weighted by molar-refractivity contribution is 5.81. The van der Waals surface area contributed by atoms with Crippen LogP contribution in [-0.4, -0.2) is 39.9 Å². The number of benzene rings is 2. The van der Waals surface area contributed by atoms with Gasteiger partial charge in [-0.15, -0.1) is 0 Å². The summed E-state index contributed by atoms with van der Waals surface area (Å²) in [6, 6.07) is 21.2. The van der Waals surface area contributed by atoms with Crippen LogP contribution in [-0.2, 0) is 18.4 Å². The fraction of sp³-hybridized carbons (Fsp3) is 0.484. The van der Waals surface area contributed by atoms with Crippen LogP contribution >= 0.6 is 0 Å². The van der Waals surface area contributed by atoms with Crippen molar-refractivity contribution < 1.29 is 4.79 Å². The van der Waals surface area contributed by atoms with Gasteiger partial charge in [-0.1, -0.05) is 74.2 Å². The minimum Gasteiger partial charge on any atom is -0.337 e. The van der Waals surface area contributed by atoms with Crippen molar-refractivity contribution in [1.29, 1.82) is 0 Å². The van der Waals surface area contributed by atoms with Crippen molar-refractivity contribution in [3.63, 3.8) is 0 Å². The van der Waals surface area contributed by atoms with Crippen molar-refractivity contribution in [2.24, 2.45) is 13.0 Å². The Morgan fingerprint density at radius 1 is 0.917 bits per heavy atom. The van der Waals surface area contributed by atoms with Gasteiger partial charge in [-0.2, -0.15) is 0 Å². The second kappa shape index (κ2) is 11.4. The molecule has 3 aromatic rings. The highest BCUT2D eigenvalue weighted by atomic mass is 16.2. The molecule has 5 heteroatoms. The lowest BCUT2D eigenvalue weighted by atomic mass is 9.88. The first kappa shape index (κ1) is 24.8. The molecule has 1 saturated carbocycles. The minimum atomic E-state index is -0.00437. The molecule has 190 valence electrons. The summed E-state index contributed by atoms with van der Waals surface area (Å²) in [7, 11) is 1.83. The number of carbonyl (C=O) groups is 1. The van der Waals surface area contributed by atoms with Crippen LogP contribution < -0.4 is 5.56 Å². The summed E-state index contributed by atoms with van der Waals surface area (Å²) in [6.07, 6.45) is 9.03. The maximum Gasteiger partial charge on any atom is 0.255 e. The molecular weight excluding hydrogens is 446 g/mol. The summed E-state index contributed by atoms with van der Waals surface area (Å²) in [5.41, 5.74) is 3.00. The van der Waals surface area contributed by atoms with Gasteiger partial charge in [0.05, 0.1) is 12.1 Å². The lowest BCUT2D eigenvalue weighted by Gasteiger charge is -2.38. The van der Waals surface area contributed by atoms with Crippen molar-refractivity contribution in [3.8, 4) is 0 Å². The molecule has 36 heavy (non-hydrogen) atoms. The van der Waals surface area contributed by atoms with Gasteiger partial charge in [0.15, 0.2) is 0 Å². The third-order valence-electron chi connectivity index (χ3n) is 8.29. The SMILES string of the molecule is Cn1c(=O)c(CN(CCN2CCCCC2c2ccccc2)C(=O)C2CCCCC2)cc2ccccc21. The topological polar surface area (TPSA) is 45.6 Å². The van der Waals surface area contributed by atoms with Crippen LogP contribution in [0, 0.1) is 5.92 Å². The number of carbonyl (C=O) groups excluding carboxylic acids is 1. The first-order valence-electron chi connectivity index (χ1n) is 13.8. The lowest BCUT2D eigenvalue weighted by Crippen LogP contribution is -2.44. The number of aromatic nitrogens is 1. The van der Waals surface area contributed by atoms with E-state index in [1.807, 2.05) is 42.3 Å². The van der Waals surface area contributed by atoms with Crippen molar-refractivity contribution in [1.82, 2.24) is 14.4 Å². The van der Waals surface area contributed by atoms with Crippen LogP contribution in [0.5, 0.6) is 0 Å². The Bertz CT molecular complexity index is 1230. The normalized spacial score (nSPS) is 19.4. The molecular formula is C31H39N3O2. The van der Waals surface area contributed by atoms with Gasteiger partial charge in [-0.25, -0.2) is 0 Å². The summed E-state index contributed by atoms with van der Waals surface area (Å²) in [5, 5.41) is 1.04. The van der Waals surface area contributed by atoms with Crippen molar-refractivity contribution in [2.45, 2.75) is 64.0 Å². The monoisotopic (exact) mass is 485 g/mol. The van der Waals surface area contributed by atoms with E-state index in [9.17, 15) is 9.59 Å². The summed E-state index contributed by atoms with van der Waals surface area (Å²) < 4.78 is 1.73. The largest absolute Gasteiger partial charge is 0.337 e. The number of para-hydroxylation sites is 1. The van der Waals surface area contributed by atoms with Crippen LogP contribution in [0.4, 0.5) is 0 Å². The summed E-state index contributed by atoms with van der Waals surface area (Å²) >= 11 is 0. The van der Waals surface area contributed by atoms with Crippen LogP contribution in [0.2, 0.25) is 0 Å². The Balaban J connectivity index is 1.39. The molecule has 1 aromatic heterocycles. The van der Waals surface area contributed by atoms with Crippen LogP contribution in [0.1, 0.15) is 68.5 Å². The predicted molar refractivity (Wildman–Crippen MR) is 146 cm³/mol. The van der Waals surface area contributed by atoms with E-state index in [0.717, 1.165) is 56.1 Å². The fourth-order valence-corrected chi connectivity index (χ4v) is 6.24. The van der Waals surface area contributed by atoms with Gasteiger partial charge in [0, 0.05) is 37.7 Å². The molecule has 2 fully saturated rings. The number of rotatable bonds is 7. The molecule has 5 nitrogen and oxygen atoms in total. The molecule has 2 aromatic carbocycles. The number of pyridine rings is 1. The average molecular weight is 486 g/mol. The van der Waals surface area contributed by atoms with Gasteiger partial charge in [-0.3, -0.25) is 14.5 Å². The minimum absolute atomic E-state index is 0.00437. The van der Waals surface area contributed by atoms with Crippen LogP contribution in [0.15, 0.2) is 65.5 Å². The number of nitrogens with zero attached hydrogens (tertiary/aromatic N) is 3. The third-order valence-corrected chi connectivity index (χ3v) is 8.29. The van der Waals surface area contributed by atoms with E-state index in [1.165, 1.54) is 24.8 Å². The van der Waals surface area contributed by atoms with Gasteiger partial charge in [0.1, 0.15) is 0 Å². The van der Waals surface area contributed by atoms with E-state index in [-0.39, 0.29) is 17.4 Å². The molecule has 1 saturated heterocycles. The Morgan fingerprint density at radius 2 is 1.64 bits per heavy atom. The van der Waals surface area contributed by atoms with Crippen molar-refractivity contribution >= 4 is 16.8 Å². The van der Waals surface area contributed by atoms with Gasteiger partial charge in [-0.05, 0) is 55.3 Å². The molecule has 0 spiro atoms. The molecule has 1 unspecified atom stereocenters. The highest BCUT2D eigenvalue weighted by Crippen LogP contribution is 2.31. The second-order valence-corrected chi connectivity index (χ2v) is 10.6. The fourth-order valence-electron chi connectivity index (χ4n) is 6.24. The molecule has 0 N–H and O–H groups in total. The molecule has 2 aliphatic rings. The molecule has 1 aliphatic carbocycles. The maximum atomic E-state index is 13.8.